The highest BCUT2D eigenvalue weighted by Crippen LogP contribution is 2.31. The van der Waals surface area contributed by atoms with Gasteiger partial charge in [-0.25, -0.2) is 0 Å². The highest BCUT2D eigenvalue weighted by atomic mass is 35.5. The molecule has 0 radical (unpaired) electrons. The van der Waals surface area contributed by atoms with Crippen molar-refractivity contribution in [3.8, 4) is 0 Å². The van der Waals surface area contributed by atoms with E-state index in [1.54, 1.807) is 0 Å². The lowest BCUT2D eigenvalue weighted by atomic mass is 9.80. The molecule has 1 aromatic heterocycles. The lowest BCUT2D eigenvalue weighted by Crippen LogP contribution is -2.27. The zero-order chi connectivity index (χ0) is 12.1. The normalized spacial score (nSPS) is 24.6. The Kier molecular flexibility index (Phi) is 4.66. The minimum Gasteiger partial charge on any atom is -0.385 e. The Morgan fingerprint density at radius 3 is 2.82 bits per heavy atom. The Bertz CT molecular complexity index is 354. The molecule has 94 valence electrons. The fourth-order valence-electron chi connectivity index (χ4n) is 2.66. The number of alkyl halides is 1. The fraction of sp³-hybridized carbons (Fsp3) is 0.643. The number of aryl methyl sites for hydroxylation is 1. The smallest absolute Gasteiger partial charge is 0.0393 e. The topological polar surface area (TPSA) is 24.9 Å². The summed E-state index contributed by atoms with van der Waals surface area (Å²) in [5, 5.41) is 3.52. The van der Waals surface area contributed by atoms with Crippen LogP contribution in [-0.4, -0.2) is 17.4 Å². The Balaban J connectivity index is 1.88. The van der Waals surface area contributed by atoms with Crippen molar-refractivity contribution in [2.75, 3.05) is 17.7 Å². The molecule has 0 bridgehead atoms. The van der Waals surface area contributed by atoms with E-state index in [2.05, 4.69) is 16.4 Å². The van der Waals surface area contributed by atoms with Crippen LogP contribution < -0.4 is 5.32 Å². The Hall–Kier alpha value is -0.760. The van der Waals surface area contributed by atoms with E-state index in [1.165, 1.54) is 31.4 Å². The summed E-state index contributed by atoms with van der Waals surface area (Å²) in [6, 6.07) is 4.13. The molecular formula is C14H21ClN2. The molecule has 1 saturated carbocycles. The van der Waals surface area contributed by atoms with Gasteiger partial charge in [0.05, 0.1) is 0 Å². The van der Waals surface area contributed by atoms with Crippen molar-refractivity contribution in [3.05, 3.63) is 24.0 Å². The summed E-state index contributed by atoms with van der Waals surface area (Å²) in [6.45, 7) is 3.06. The number of nitrogens with zero attached hydrogens (tertiary/aromatic N) is 1. The van der Waals surface area contributed by atoms with E-state index >= 15 is 0 Å². The van der Waals surface area contributed by atoms with Gasteiger partial charge in [-0.2, -0.15) is 0 Å². The molecule has 0 saturated heterocycles. The number of aromatic nitrogens is 1. The number of hydrogen-bond acceptors (Lipinski definition) is 2. The number of hydrogen-bond donors (Lipinski definition) is 1. The summed E-state index contributed by atoms with van der Waals surface area (Å²) in [5.41, 5.74) is 2.24. The minimum atomic E-state index is 0.695. The van der Waals surface area contributed by atoms with Crippen LogP contribution in [0.1, 0.15) is 31.4 Å². The summed E-state index contributed by atoms with van der Waals surface area (Å²) in [5.74, 6) is 2.23. The van der Waals surface area contributed by atoms with Gasteiger partial charge in [-0.05, 0) is 43.7 Å². The van der Waals surface area contributed by atoms with Gasteiger partial charge in [0.1, 0.15) is 0 Å². The van der Waals surface area contributed by atoms with Crippen LogP contribution in [0.4, 0.5) is 5.69 Å². The second-order valence-electron chi connectivity index (χ2n) is 5.03. The van der Waals surface area contributed by atoms with E-state index in [0.717, 1.165) is 24.0 Å². The number of nitrogens with one attached hydrogen (secondary N) is 1. The van der Waals surface area contributed by atoms with Crippen LogP contribution in [0.2, 0.25) is 0 Å². The highest BCUT2D eigenvalue weighted by Gasteiger charge is 2.23. The van der Waals surface area contributed by atoms with Gasteiger partial charge in [0.25, 0.3) is 0 Å². The molecular weight excluding hydrogens is 232 g/mol. The molecule has 1 aliphatic carbocycles. The van der Waals surface area contributed by atoms with Crippen LogP contribution in [-0.2, 0) is 0 Å². The number of rotatable bonds is 4. The standard InChI is InChI=1S/C14H21ClN2/c1-11-8-14(6-7-16-11)17-10-13-5-3-2-4-12(13)9-15/h6-8,12-13H,2-5,9-10H2,1H3,(H,16,17). The summed E-state index contributed by atoms with van der Waals surface area (Å²) in [4.78, 5) is 4.20. The van der Waals surface area contributed by atoms with Gasteiger partial charge in [0, 0.05) is 30.0 Å². The van der Waals surface area contributed by atoms with E-state index in [4.69, 9.17) is 11.6 Å². The number of halogens is 1. The predicted octanol–water partition coefficient (Wildman–Crippen LogP) is 3.85. The number of anilines is 1. The maximum Gasteiger partial charge on any atom is 0.0393 e. The molecule has 1 aromatic rings. The van der Waals surface area contributed by atoms with Crippen LogP contribution in [0.15, 0.2) is 18.3 Å². The van der Waals surface area contributed by atoms with E-state index in [9.17, 15) is 0 Å². The first-order valence-corrected chi connectivity index (χ1v) is 7.05. The first kappa shape index (κ1) is 12.7. The second kappa shape index (κ2) is 6.25. The van der Waals surface area contributed by atoms with Crippen LogP contribution in [0.3, 0.4) is 0 Å². The fourth-order valence-corrected chi connectivity index (χ4v) is 3.07. The summed E-state index contributed by atoms with van der Waals surface area (Å²) in [7, 11) is 0. The van der Waals surface area contributed by atoms with Gasteiger partial charge < -0.3 is 5.32 Å². The van der Waals surface area contributed by atoms with Gasteiger partial charge in [-0.15, -0.1) is 11.6 Å². The van der Waals surface area contributed by atoms with Gasteiger partial charge in [0.2, 0.25) is 0 Å². The van der Waals surface area contributed by atoms with Gasteiger partial charge in [-0.1, -0.05) is 12.8 Å². The van der Waals surface area contributed by atoms with E-state index in [0.29, 0.717) is 5.92 Å². The van der Waals surface area contributed by atoms with Crippen molar-refractivity contribution in [1.29, 1.82) is 0 Å². The minimum absolute atomic E-state index is 0.695. The van der Waals surface area contributed by atoms with Crippen molar-refractivity contribution in [2.24, 2.45) is 11.8 Å². The second-order valence-corrected chi connectivity index (χ2v) is 5.33. The third kappa shape index (κ3) is 3.60. The van der Waals surface area contributed by atoms with Gasteiger partial charge in [-0.3, -0.25) is 4.98 Å². The van der Waals surface area contributed by atoms with E-state index in [1.807, 2.05) is 19.2 Å². The predicted molar refractivity (Wildman–Crippen MR) is 73.6 cm³/mol. The number of pyridine rings is 1. The van der Waals surface area contributed by atoms with Crippen molar-refractivity contribution in [1.82, 2.24) is 4.98 Å². The largest absolute Gasteiger partial charge is 0.385 e. The maximum atomic E-state index is 6.04. The Morgan fingerprint density at radius 2 is 2.12 bits per heavy atom. The molecule has 1 N–H and O–H groups in total. The molecule has 0 spiro atoms. The average molecular weight is 253 g/mol. The monoisotopic (exact) mass is 252 g/mol. The first-order valence-electron chi connectivity index (χ1n) is 6.52. The van der Waals surface area contributed by atoms with Crippen molar-refractivity contribution < 1.29 is 0 Å². The Labute approximate surface area is 109 Å². The van der Waals surface area contributed by atoms with Crippen LogP contribution in [0.25, 0.3) is 0 Å². The third-order valence-corrected chi connectivity index (χ3v) is 4.13. The zero-order valence-electron chi connectivity index (χ0n) is 10.5. The zero-order valence-corrected chi connectivity index (χ0v) is 11.2. The molecule has 2 atom stereocenters. The maximum absolute atomic E-state index is 6.04. The molecule has 2 nitrogen and oxygen atoms in total. The summed E-state index contributed by atoms with van der Waals surface area (Å²) < 4.78 is 0. The van der Waals surface area contributed by atoms with Crippen LogP contribution in [0.5, 0.6) is 0 Å². The van der Waals surface area contributed by atoms with Crippen molar-refractivity contribution in [2.45, 2.75) is 32.6 Å². The highest BCUT2D eigenvalue weighted by molar-refractivity contribution is 6.18. The molecule has 0 aliphatic heterocycles. The lowest BCUT2D eigenvalue weighted by Gasteiger charge is -2.30. The quantitative estimate of drug-likeness (QED) is 0.824. The summed E-state index contributed by atoms with van der Waals surface area (Å²) >= 11 is 6.04. The molecule has 0 amide bonds. The van der Waals surface area contributed by atoms with Crippen LogP contribution in [0, 0.1) is 18.8 Å². The lowest BCUT2D eigenvalue weighted by molar-refractivity contribution is 0.272. The van der Waals surface area contributed by atoms with E-state index in [-0.39, 0.29) is 0 Å². The molecule has 1 fully saturated rings. The summed E-state index contributed by atoms with van der Waals surface area (Å²) in [6.07, 6.45) is 7.18. The molecule has 1 aliphatic rings. The first-order chi connectivity index (χ1) is 8.29. The molecule has 3 heteroatoms. The third-order valence-electron chi connectivity index (χ3n) is 3.73. The van der Waals surface area contributed by atoms with Gasteiger partial charge in [0.15, 0.2) is 0 Å². The molecule has 1 heterocycles. The van der Waals surface area contributed by atoms with Crippen molar-refractivity contribution in [3.63, 3.8) is 0 Å². The molecule has 2 unspecified atom stereocenters. The average Bonchev–Trinajstić information content (AvgIpc) is 2.37. The van der Waals surface area contributed by atoms with Gasteiger partial charge >= 0.3 is 0 Å². The molecule has 0 aromatic carbocycles. The SMILES string of the molecule is Cc1cc(NCC2CCCCC2CCl)ccn1. The van der Waals surface area contributed by atoms with E-state index < -0.39 is 0 Å². The van der Waals surface area contributed by atoms with Crippen LogP contribution >= 0.6 is 11.6 Å². The van der Waals surface area contributed by atoms with Crippen molar-refractivity contribution >= 4 is 17.3 Å². The molecule has 17 heavy (non-hydrogen) atoms. The molecule has 2 rings (SSSR count). The Morgan fingerprint density at radius 1 is 1.35 bits per heavy atom.